The van der Waals surface area contributed by atoms with Gasteiger partial charge in [0.2, 0.25) is 11.8 Å². The molecule has 9 heteroatoms. The van der Waals surface area contributed by atoms with Crippen LogP contribution in [-0.2, 0) is 15.8 Å². The number of halogens is 3. The van der Waals surface area contributed by atoms with Crippen molar-refractivity contribution in [1.29, 1.82) is 0 Å². The van der Waals surface area contributed by atoms with Crippen molar-refractivity contribution < 1.29 is 27.5 Å². The molecule has 3 rings (SSSR count). The molecule has 0 saturated heterocycles. The fourth-order valence-corrected chi connectivity index (χ4v) is 3.77. The average molecular weight is 410 g/mol. The number of anilines is 2. The van der Waals surface area contributed by atoms with Gasteiger partial charge in [0, 0.05) is 11.3 Å². The summed E-state index contributed by atoms with van der Waals surface area (Å²) < 4.78 is 43.9. The van der Waals surface area contributed by atoms with Gasteiger partial charge in [-0.15, -0.1) is 11.8 Å². The van der Waals surface area contributed by atoms with E-state index in [1.165, 1.54) is 6.07 Å². The van der Waals surface area contributed by atoms with Gasteiger partial charge in [0.1, 0.15) is 5.75 Å². The molecule has 1 heterocycles. The van der Waals surface area contributed by atoms with Crippen molar-refractivity contribution in [2.24, 2.45) is 0 Å². The molecule has 0 radical (unpaired) electrons. The van der Waals surface area contributed by atoms with Crippen LogP contribution in [0.25, 0.3) is 0 Å². The lowest BCUT2D eigenvalue weighted by Crippen LogP contribution is -2.32. The Morgan fingerprint density at radius 1 is 1.25 bits per heavy atom. The molecule has 148 valence electrons. The predicted octanol–water partition coefficient (Wildman–Crippen LogP) is 4.55. The molecule has 0 fully saturated rings. The second-order valence-electron chi connectivity index (χ2n) is 5.99. The fourth-order valence-electron chi connectivity index (χ4n) is 2.68. The number of carbonyl (C=O) groups is 2. The van der Waals surface area contributed by atoms with Crippen molar-refractivity contribution in [2.45, 2.75) is 29.7 Å². The van der Waals surface area contributed by atoms with Crippen molar-refractivity contribution in [2.75, 3.05) is 17.2 Å². The van der Waals surface area contributed by atoms with Crippen LogP contribution in [0, 0.1) is 0 Å². The topological polar surface area (TPSA) is 67.4 Å². The predicted molar refractivity (Wildman–Crippen MR) is 101 cm³/mol. The zero-order valence-electron chi connectivity index (χ0n) is 14.8. The van der Waals surface area contributed by atoms with E-state index in [-0.39, 0.29) is 12.1 Å². The maximum atomic E-state index is 12.8. The summed E-state index contributed by atoms with van der Waals surface area (Å²) in [5, 5.41) is 4.42. The summed E-state index contributed by atoms with van der Waals surface area (Å²) in [6.07, 6.45) is -4.62. The minimum atomic E-state index is -4.49. The summed E-state index contributed by atoms with van der Waals surface area (Å²) in [6.45, 7) is 2.26. The molecule has 2 aromatic rings. The molecule has 2 aromatic carbocycles. The van der Waals surface area contributed by atoms with Crippen molar-refractivity contribution >= 4 is 35.0 Å². The number of thioether (sulfide) groups is 1. The van der Waals surface area contributed by atoms with E-state index in [1.807, 2.05) is 6.92 Å². The Hall–Kier alpha value is -2.68. The van der Waals surface area contributed by atoms with E-state index in [0.717, 1.165) is 23.9 Å². The van der Waals surface area contributed by atoms with Crippen LogP contribution in [0.15, 0.2) is 47.4 Å². The van der Waals surface area contributed by atoms with Gasteiger partial charge in [-0.3, -0.25) is 9.59 Å². The molecule has 1 aliphatic heterocycles. The number of hydrogen-bond donors (Lipinski definition) is 2. The highest BCUT2D eigenvalue weighted by atomic mass is 32.2. The van der Waals surface area contributed by atoms with Gasteiger partial charge in [-0.2, -0.15) is 13.2 Å². The van der Waals surface area contributed by atoms with Crippen LogP contribution < -0.4 is 15.4 Å². The van der Waals surface area contributed by atoms with E-state index in [4.69, 9.17) is 4.74 Å². The Morgan fingerprint density at radius 3 is 2.71 bits per heavy atom. The molecule has 1 aliphatic rings. The van der Waals surface area contributed by atoms with Crippen molar-refractivity contribution in [3.8, 4) is 5.75 Å². The maximum Gasteiger partial charge on any atom is 0.416 e. The van der Waals surface area contributed by atoms with Crippen LogP contribution in [0.4, 0.5) is 24.5 Å². The summed E-state index contributed by atoms with van der Waals surface area (Å²) >= 11 is 1.07. The molecule has 1 atom stereocenters. The molecule has 0 saturated carbocycles. The number of carbonyl (C=O) groups excluding carboxylic acids is 2. The van der Waals surface area contributed by atoms with Crippen molar-refractivity contribution in [3.05, 3.63) is 48.0 Å². The standard InChI is InChI=1S/C19H17F3N2O3S/c1-2-27-14-6-4-3-5-12(14)23-17(25)10-16-18(26)24-13-9-11(19(20,21)22)7-8-15(13)28-16/h3-9,16H,2,10H2,1H3,(H,23,25)(H,24,26)/t16-/m1/s1. The lowest BCUT2D eigenvalue weighted by Gasteiger charge is -2.24. The second kappa shape index (κ2) is 8.14. The largest absolute Gasteiger partial charge is 0.492 e. The monoisotopic (exact) mass is 410 g/mol. The van der Waals surface area contributed by atoms with Crippen LogP contribution >= 0.6 is 11.8 Å². The Morgan fingerprint density at radius 2 is 2.00 bits per heavy atom. The van der Waals surface area contributed by atoms with Crippen LogP contribution in [0.3, 0.4) is 0 Å². The highest BCUT2D eigenvalue weighted by Crippen LogP contribution is 2.40. The Bertz CT molecular complexity index is 902. The van der Waals surface area contributed by atoms with Gasteiger partial charge in [0.05, 0.1) is 28.8 Å². The number of rotatable bonds is 5. The number of nitrogens with one attached hydrogen (secondary N) is 2. The van der Waals surface area contributed by atoms with E-state index < -0.39 is 28.8 Å². The molecule has 0 aliphatic carbocycles. The van der Waals surface area contributed by atoms with Crippen molar-refractivity contribution in [1.82, 2.24) is 0 Å². The van der Waals surface area contributed by atoms with E-state index in [9.17, 15) is 22.8 Å². The van der Waals surface area contributed by atoms with Crippen molar-refractivity contribution in [3.63, 3.8) is 0 Å². The molecule has 2 N–H and O–H groups in total. The maximum absolute atomic E-state index is 12.8. The highest BCUT2D eigenvalue weighted by Gasteiger charge is 2.34. The van der Waals surface area contributed by atoms with Gasteiger partial charge in [-0.25, -0.2) is 0 Å². The summed E-state index contributed by atoms with van der Waals surface area (Å²) in [4.78, 5) is 25.1. The van der Waals surface area contributed by atoms with Crippen LogP contribution in [-0.4, -0.2) is 23.7 Å². The quantitative estimate of drug-likeness (QED) is 0.759. The molecule has 28 heavy (non-hydrogen) atoms. The third-order valence-electron chi connectivity index (χ3n) is 3.96. The first-order chi connectivity index (χ1) is 13.3. The van der Waals surface area contributed by atoms with Crippen LogP contribution in [0.2, 0.25) is 0 Å². The number of alkyl halides is 3. The summed E-state index contributed by atoms with van der Waals surface area (Å²) in [5.41, 5.74) is -0.246. The molecule has 0 bridgehead atoms. The smallest absolute Gasteiger partial charge is 0.416 e. The lowest BCUT2D eigenvalue weighted by molar-refractivity contribution is -0.137. The highest BCUT2D eigenvalue weighted by molar-refractivity contribution is 8.01. The summed E-state index contributed by atoms with van der Waals surface area (Å²) in [6, 6.07) is 10.1. The number of hydrogen-bond acceptors (Lipinski definition) is 4. The van der Waals surface area contributed by atoms with Gasteiger partial charge in [-0.1, -0.05) is 12.1 Å². The zero-order chi connectivity index (χ0) is 20.3. The number of amides is 2. The van der Waals surface area contributed by atoms with Gasteiger partial charge >= 0.3 is 6.18 Å². The Kier molecular flexibility index (Phi) is 5.83. The molecular weight excluding hydrogens is 393 g/mol. The van der Waals surface area contributed by atoms with E-state index >= 15 is 0 Å². The minimum Gasteiger partial charge on any atom is -0.492 e. The summed E-state index contributed by atoms with van der Waals surface area (Å²) in [7, 11) is 0. The number of fused-ring (bicyclic) bond motifs is 1. The fraction of sp³-hybridized carbons (Fsp3) is 0.263. The molecule has 0 aromatic heterocycles. The average Bonchev–Trinajstić information content (AvgIpc) is 2.63. The Labute approximate surface area is 163 Å². The zero-order valence-corrected chi connectivity index (χ0v) is 15.6. The molecule has 2 amide bonds. The second-order valence-corrected chi connectivity index (χ2v) is 7.23. The van der Waals surface area contributed by atoms with E-state index in [2.05, 4.69) is 10.6 Å². The number of ether oxygens (including phenoxy) is 1. The van der Waals surface area contributed by atoms with Crippen LogP contribution in [0.5, 0.6) is 5.75 Å². The first-order valence-corrected chi connectivity index (χ1v) is 9.36. The minimum absolute atomic E-state index is 0.100. The van der Waals surface area contributed by atoms with Gasteiger partial charge in [0.25, 0.3) is 0 Å². The van der Waals surface area contributed by atoms with Gasteiger partial charge < -0.3 is 15.4 Å². The molecule has 5 nitrogen and oxygen atoms in total. The third-order valence-corrected chi connectivity index (χ3v) is 5.23. The molecule has 0 unspecified atom stereocenters. The summed E-state index contributed by atoms with van der Waals surface area (Å²) in [5.74, 6) is -0.385. The van der Waals surface area contributed by atoms with Gasteiger partial charge in [-0.05, 0) is 37.3 Å². The third kappa shape index (κ3) is 4.59. The Balaban J connectivity index is 1.69. The van der Waals surface area contributed by atoms with Crippen LogP contribution in [0.1, 0.15) is 18.9 Å². The SMILES string of the molecule is CCOc1ccccc1NC(=O)C[C@H]1Sc2ccc(C(F)(F)F)cc2NC1=O. The van der Waals surface area contributed by atoms with E-state index in [1.54, 1.807) is 24.3 Å². The molecular formula is C19H17F3N2O3S. The van der Waals surface area contributed by atoms with Gasteiger partial charge in [0.15, 0.2) is 0 Å². The normalized spacial score (nSPS) is 16.1. The number of para-hydroxylation sites is 2. The number of benzene rings is 2. The first kappa shape index (κ1) is 20.1. The molecule has 0 spiro atoms. The van der Waals surface area contributed by atoms with E-state index in [0.29, 0.717) is 22.9 Å². The first-order valence-electron chi connectivity index (χ1n) is 8.48. The lowest BCUT2D eigenvalue weighted by atomic mass is 10.1.